The number of ether oxygens (including phenoxy) is 1. The Bertz CT molecular complexity index is 364. The molecule has 0 saturated heterocycles. The van der Waals surface area contributed by atoms with Crippen LogP contribution in [0.3, 0.4) is 0 Å². The predicted octanol–water partition coefficient (Wildman–Crippen LogP) is 2.88. The van der Waals surface area contributed by atoms with Crippen LogP contribution in [0, 0.1) is 5.92 Å². The van der Waals surface area contributed by atoms with Crippen molar-refractivity contribution in [2.24, 2.45) is 5.92 Å². The van der Waals surface area contributed by atoms with Crippen molar-refractivity contribution in [3.63, 3.8) is 0 Å². The van der Waals surface area contributed by atoms with Gasteiger partial charge >= 0.3 is 5.97 Å². The largest absolute Gasteiger partial charge is 0.493 e. The van der Waals surface area contributed by atoms with Gasteiger partial charge in [0.25, 0.3) is 0 Å². The van der Waals surface area contributed by atoms with Gasteiger partial charge in [0.1, 0.15) is 5.75 Å². The second kappa shape index (κ2) is 5.71. The molecule has 0 amide bonds. The summed E-state index contributed by atoms with van der Waals surface area (Å²) in [6.07, 6.45) is 5.27. The van der Waals surface area contributed by atoms with Crippen LogP contribution in [-0.4, -0.2) is 17.7 Å². The molecule has 1 saturated carbocycles. The van der Waals surface area contributed by atoms with E-state index < -0.39 is 5.97 Å². The first kappa shape index (κ1) is 12.0. The lowest BCUT2D eigenvalue weighted by Crippen LogP contribution is -2.08. The lowest BCUT2D eigenvalue weighted by Gasteiger charge is -2.11. The molecular weight excluding hydrogens is 216 g/mol. The van der Waals surface area contributed by atoms with Gasteiger partial charge in [0, 0.05) is 0 Å². The fourth-order valence-corrected chi connectivity index (χ4v) is 2.27. The Balaban J connectivity index is 1.82. The Morgan fingerprint density at radius 2 is 1.88 bits per heavy atom. The first-order valence-corrected chi connectivity index (χ1v) is 6.17. The van der Waals surface area contributed by atoms with E-state index in [-0.39, 0.29) is 6.42 Å². The van der Waals surface area contributed by atoms with E-state index in [1.165, 1.54) is 25.7 Å². The van der Waals surface area contributed by atoms with Gasteiger partial charge in [0.2, 0.25) is 0 Å². The first-order valence-electron chi connectivity index (χ1n) is 6.17. The molecule has 0 aliphatic heterocycles. The number of carboxylic acid groups (broad SMARTS) is 1. The molecule has 0 unspecified atom stereocenters. The average Bonchev–Trinajstić information content (AvgIpc) is 2.80. The molecule has 3 heteroatoms. The fourth-order valence-electron chi connectivity index (χ4n) is 2.27. The van der Waals surface area contributed by atoms with Gasteiger partial charge in [-0.05, 0) is 36.5 Å². The summed E-state index contributed by atoms with van der Waals surface area (Å²) in [5.41, 5.74) is 0.811. The number of hydrogen-bond donors (Lipinski definition) is 1. The molecule has 0 bridgehead atoms. The summed E-state index contributed by atoms with van der Waals surface area (Å²) in [6, 6.07) is 7.34. The number of benzene rings is 1. The fraction of sp³-hybridized carbons (Fsp3) is 0.500. The lowest BCUT2D eigenvalue weighted by molar-refractivity contribution is -0.136. The zero-order valence-corrected chi connectivity index (χ0v) is 9.89. The molecule has 3 nitrogen and oxygen atoms in total. The molecule has 0 radical (unpaired) electrons. The molecule has 1 N–H and O–H groups in total. The molecule has 17 heavy (non-hydrogen) atoms. The third-order valence-electron chi connectivity index (χ3n) is 3.24. The highest BCUT2D eigenvalue weighted by molar-refractivity contribution is 5.70. The smallest absolute Gasteiger partial charge is 0.307 e. The van der Waals surface area contributed by atoms with Crippen LogP contribution >= 0.6 is 0 Å². The monoisotopic (exact) mass is 234 g/mol. The molecule has 92 valence electrons. The second-order valence-corrected chi connectivity index (χ2v) is 4.68. The van der Waals surface area contributed by atoms with Gasteiger partial charge in [0.05, 0.1) is 13.0 Å². The highest BCUT2D eigenvalue weighted by atomic mass is 16.5. The Morgan fingerprint density at radius 1 is 1.24 bits per heavy atom. The van der Waals surface area contributed by atoms with Gasteiger partial charge in [-0.1, -0.05) is 25.0 Å². The van der Waals surface area contributed by atoms with Crippen LogP contribution in [0.4, 0.5) is 0 Å². The molecule has 0 aromatic heterocycles. The molecule has 0 atom stereocenters. The summed E-state index contributed by atoms with van der Waals surface area (Å²) in [4.78, 5) is 10.5. The van der Waals surface area contributed by atoms with Crippen LogP contribution < -0.4 is 4.74 Å². The average molecular weight is 234 g/mol. The maximum absolute atomic E-state index is 10.5. The minimum absolute atomic E-state index is 0.0723. The van der Waals surface area contributed by atoms with Crippen molar-refractivity contribution in [3.8, 4) is 5.75 Å². The van der Waals surface area contributed by atoms with E-state index in [1.54, 1.807) is 0 Å². The van der Waals surface area contributed by atoms with Crippen LogP contribution in [0.15, 0.2) is 24.3 Å². The van der Waals surface area contributed by atoms with Gasteiger partial charge < -0.3 is 9.84 Å². The van der Waals surface area contributed by atoms with E-state index in [2.05, 4.69) is 0 Å². The summed E-state index contributed by atoms with van der Waals surface area (Å²) in [5, 5.41) is 8.65. The van der Waals surface area contributed by atoms with Crippen LogP contribution in [0.1, 0.15) is 31.2 Å². The Morgan fingerprint density at radius 3 is 2.47 bits per heavy atom. The number of carboxylic acids is 1. The van der Waals surface area contributed by atoms with E-state index >= 15 is 0 Å². The summed E-state index contributed by atoms with van der Waals surface area (Å²) < 4.78 is 5.70. The van der Waals surface area contributed by atoms with Crippen molar-refractivity contribution >= 4 is 5.97 Å². The van der Waals surface area contributed by atoms with Gasteiger partial charge in [-0.3, -0.25) is 4.79 Å². The van der Waals surface area contributed by atoms with Crippen molar-refractivity contribution in [3.05, 3.63) is 29.8 Å². The van der Waals surface area contributed by atoms with Crippen molar-refractivity contribution in [2.45, 2.75) is 32.1 Å². The third-order valence-corrected chi connectivity index (χ3v) is 3.24. The second-order valence-electron chi connectivity index (χ2n) is 4.68. The number of carbonyl (C=O) groups is 1. The van der Waals surface area contributed by atoms with E-state index in [0.29, 0.717) is 5.92 Å². The Hall–Kier alpha value is -1.51. The molecule has 1 aromatic rings. The maximum atomic E-state index is 10.5. The zero-order valence-electron chi connectivity index (χ0n) is 9.89. The van der Waals surface area contributed by atoms with Gasteiger partial charge in [-0.15, -0.1) is 0 Å². The molecule has 2 rings (SSSR count). The van der Waals surface area contributed by atoms with E-state index in [0.717, 1.165) is 17.9 Å². The third kappa shape index (κ3) is 3.77. The minimum atomic E-state index is -0.801. The molecule has 1 aromatic carbocycles. The first-order chi connectivity index (χ1) is 8.24. The van der Waals surface area contributed by atoms with Crippen molar-refractivity contribution in [1.29, 1.82) is 0 Å². The number of aliphatic carboxylic acids is 1. The minimum Gasteiger partial charge on any atom is -0.493 e. The molecular formula is C14H18O3. The Kier molecular flexibility index (Phi) is 4.02. The van der Waals surface area contributed by atoms with Crippen LogP contribution in [-0.2, 0) is 11.2 Å². The van der Waals surface area contributed by atoms with Crippen LogP contribution in [0.5, 0.6) is 5.75 Å². The molecule has 0 spiro atoms. The van der Waals surface area contributed by atoms with Gasteiger partial charge in [-0.2, -0.15) is 0 Å². The van der Waals surface area contributed by atoms with Crippen LogP contribution in [0.2, 0.25) is 0 Å². The molecule has 1 fully saturated rings. The van der Waals surface area contributed by atoms with Crippen molar-refractivity contribution in [2.75, 3.05) is 6.61 Å². The SMILES string of the molecule is O=C(O)Cc1ccc(OCC2CCCC2)cc1. The molecule has 1 aliphatic carbocycles. The van der Waals surface area contributed by atoms with Crippen molar-refractivity contribution in [1.82, 2.24) is 0 Å². The summed E-state index contributed by atoms with van der Waals surface area (Å²) in [6.45, 7) is 0.790. The molecule has 1 aliphatic rings. The van der Waals surface area contributed by atoms with E-state index in [1.807, 2.05) is 24.3 Å². The molecule has 0 heterocycles. The predicted molar refractivity (Wildman–Crippen MR) is 65.2 cm³/mol. The number of hydrogen-bond acceptors (Lipinski definition) is 2. The van der Waals surface area contributed by atoms with E-state index in [4.69, 9.17) is 9.84 Å². The van der Waals surface area contributed by atoms with Crippen molar-refractivity contribution < 1.29 is 14.6 Å². The topological polar surface area (TPSA) is 46.5 Å². The van der Waals surface area contributed by atoms with Gasteiger partial charge in [0.15, 0.2) is 0 Å². The quantitative estimate of drug-likeness (QED) is 0.852. The summed E-state index contributed by atoms with van der Waals surface area (Å²) in [5.74, 6) is 0.740. The number of rotatable bonds is 5. The highest BCUT2D eigenvalue weighted by Gasteiger charge is 2.15. The Labute approximate surface area is 101 Å². The summed E-state index contributed by atoms with van der Waals surface area (Å²) >= 11 is 0. The lowest BCUT2D eigenvalue weighted by atomic mass is 10.1. The normalized spacial score (nSPS) is 16.0. The standard InChI is InChI=1S/C14H18O3/c15-14(16)9-11-5-7-13(8-6-11)17-10-12-3-1-2-4-12/h5-8,12H,1-4,9-10H2,(H,15,16). The van der Waals surface area contributed by atoms with Crippen LogP contribution in [0.25, 0.3) is 0 Å². The summed E-state index contributed by atoms with van der Waals surface area (Å²) in [7, 11) is 0. The highest BCUT2D eigenvalue weighted by Crippen LogP contribution is 2.25. The zero-order chi connectivity index (χ0) is 12.1. The maximum Gasteiger partial charge on any atom is 0.307 e. The van der Waals surface area contributed by atoms with E-state index in [9.17, 15) is 4.79 Å². The van der Waals surface area contributed by atoms with Gasteiger partial charge in [-0.25, -0.2) is 0 Å².